The smallest absolute Gasteiger partial charge is 0.344 e. The van der Waals surface area contributed by atoms with Gasteiger partial charge in [-0.05, 0) is 24.7 Å². The van der Waals surface area contributed by atoms with Gasteiger partial charge in [-0.25, -0.2) is 9.59 Å². The van der Waals surface area contributed by atoms with Crippen LogP contribution in [0.5, 0.6) is 0 Å². The van der Waals surface area contributed by atoms with Crippen molar-refractivity contribution in [1.82, 2.24) is 10.6 Å². The van der Waals surface area contributed by atoms with E-state index >= 15 is 0 Å². The van der Waals surface area contributed by atoms with Crippen molar-refractivity contribution in [3.05, 3.63) is 41.0 Å². The summed E-state index contributed by atoms with van der Waals surface area (Å²) in [5.41, 5.74) is 6.33. The highest BCUT2D eigenvalue weighted by atomic mass is 16.4. The third kappa shape index (κ3) is 4.54. The number of nitrogens with two attached hydrogens (primary N) is 1. The topological polar surface area (TPSA) is 122 Å². The van der Waals surface area contributed by atoms with Crippen molar-refractivity contribution in [1.29, 1.82) is 0 Å². The largest absolute Gasteiger partial charge is 0.477 e. The number of benzene rings is 1. The molecule has 0 saturated carbocycles. The number of hydrogen-bond donors (Lipinski definition) is 4. The van der Waals surface area contributed by atoms with Gasteiger partial charge in [0.25, 0.3) is 5.91 Å². The Morgan fingerprint density at radius 2 is 1.95 bits per heavy atom. The van der Waals surface area contributed by atoms with Crippen molar-refractivity contribution in [3.8, 4) is 0 Å². The summed E-state index contributed by atoms with van der Waals surface area (Å²) in [4.78, 5) is 33.4. The number of amides is 1. The molecule has 1 amide bonds. The van der Waals surface area contributed by atoms with Crippen LogP contribution in [-0.4, -0.2) is 42.6 Å². The van der Waals surface area contributed by atoms with E-state index in [4.69, 9.17) is 10.8 Å². The zero-order valence-electron chi connectivity index (χ0n) is 11.6. The third-order valence-corrected chi connectivity index (χ3v) is 2.96. The summed E-state index contributed by atoms with van der Waals surface area (Å²) < 4.78 is 0. The zero-order valence-corrected chi connectivity index (χ0v) is 11.6. The highest BCUT2D eigenvalue weighted by Gasteiger charge is 2.21. The maximum Gasteiger partial charge on any atom is 0.344 e. The first-order chi connectivity index (χ1) is 10.0. The lowest BCUT2D eigenvalue weighted by Crippen LogP contribution is -2.42. The number of carbonyl (C=O) groups excluding carboxylic acids is 2. The first-order valence-corrected chi connectivity index (χ1v) is 6.26. The lowest BCUT2D eigenvalue weighted by Gasteiger charge is -2.15. The Morgan fingerprint density at radius 3 is 2.38 bits per heavy atom. The molecule has 1 aromatic carbocycles. The molecule has 1 rings (SSSR count). The molecule has 7 heteroatoms. The second-order valence-electron chi connectivity index (χ2n) is 4.27. The molecule has 1 aromatic rings. The normalized spacial score (nSPS) is 11.3. The molecule has 0 aliphatic rings. The SMILES string of the molecule is CNC(CNC(=O)c1ccc(CN)cc1)C(=C=O)C(=O)O. The number of likely N-dealkylation sites (N-methyl/N-ethyl adjacent to an activating group) is 1. The van der Waals surface area contributed by atoms with Crippen LogP contribution in [0, 0.1) is 0 Å². The standard InChI is InChI=1S/C14H17N3O4/c1-16-12(11(8-18)14(20)21)7-17-13(19)10-4-2-9(6-15)3-5-10/h2-5,12,16H,6-7,15H2,1H3,(H,17,19)(H,20,21). The molecule has 0 aromatic heterocycles. The van der Waals surface area contributed by atoms with Crippen LogP contribution < -0.4 is 16.4 Å². The molecule has 7 nitrogen and oxygen atoms in total. The lowest BCUT2D eigenvalue weighted by molar-refractivity contribution is -0.132. The summed E-state index contributed by atoms with van der Waals surface area (Å²) in [6.07, 6.45) is 0. The Kier molecular flexibility index (Phi) is 6.29. The molecule has 0 aliphatic carbocycles. The number of aliphatic carboxylic acids is 1. The average molecular weight is 291 g/mol. The van der Waals surface area contributed by atoms with Crippen LogP contribution in [0.25, 0.3) is 0 Å². The summed E-state index contributed by atoms with van der Waals surface area (Å²) in [5, 5.41) is 14.1. The third-order valence-electron chi connectivity index (χ3n) is 2.96. The van der Waals surface area contributed by atoms with Crippen molar-refractivity contribution >= 4 is 17.8 Å². The fourth-order valence-corrected chi connectivity index (χ4v) is 1.70. The molecule has 0 bridgehead atoms. The highest BCUT2D eigenvalue weighted by molar-refractivity contribution is 5.97. The van der Waals surface area contributed by atoms with Crippen LogP contribution in [-0.2, 0) is 16.1 Å². The van der Waals surface area contributed by atoms with E-state index in [1.807, 2.05) is 0 Å². The highest BCUT2D eigenvalue weighted by Crippen LogP contribution is 2.04. The first kappa shape index (κ1) is 16.6. The van der Waals surface area contributed by atoms with E-state index in [2.05, 4.69) is 10.6 Å². The van der Waals surface area contributed by atoms with Gasteiger partial charge >= 0.3 is 5.97 Å². The van der Waals surface area contributed by atoms with E-state index in [-0.39, 0.29) is 12.5 Å². The minimum Gasteiger partial charge on any atom is -0.477 e. The minimum atomic E-state index is -1.37. The lowest BCUT2D eigenvalue weighted by atomic mass is 10.1. The van der Waals surface area contributed by atoms with Gasteiger partial charge in [-0.1, -0.05) is 12.1 Å². The Bertz CT molecular complexity index is 562. The predicted octanol–water partition coefficient (Wildman–Crippen LogP) is -0.694. The van der Waals surface area contributed by atoms with Gasteiger partial charge in [-0.15, -0.1) is 0 Å². The van der Waals surface area contributed by atoms with Gasteiger partial charge < -0.3 is 21.5 Å². The number of nitrogens with one attached hydrogen (secondary N) is 2. The van der Waals surface area contributed by atoms with E-state index < -0.39 is 17.6 Å². The van der Waals surface area contributed by atoms with Crippen molar-refractivity contribution < 1.29 is 19.5 Å². The minimum absolute atomic E-state index is 0.0369. The Morgan fingerprint density at radius 1 is 1.33 bits per heavy atom. The number of rotatable bonds is 7. The molecule has 0 fully saturated rings. The Hall–Kier alpha value is -2.47. The van der Waals surface area contributed by atoms with Crippen LogP contribution in [0.3, 0.4) is 0 Å². The molecule has 0 spiro atoms. The van der Waals surface area contributed by atoms with E-state index in [1.54, 1.807) is 24.3 Å². The fourth-order valence-electron chi connectivity index (χ4n) is 1.70. The summed E-state index contributed by atoms with van der Waals surface area (Å²) in [6.45, 7) is 0.348. The van der Waals surface area contributed by atoms with Gasteiger partial charge in [0.1, 0.15) is 11.5 Å². The van der Waals surface area contributed by atoms with Crippen molar-refractivity contribution in [3.63, 3.8) is 0 Å². The van der Waals surface area contributed by atoms with Crippen LogP contribution >= 0.6 is 0 Å². The van der Waals surface area contributed by atoms with Gasteiger partial charge in [0.05, 0.1) is 6.04 Å². The number of carboxylic acids is 1. The Labute approximate surface area is 121 Å². The molecule has 112 valence electrons. The second-order valence-corrected chi connectivity index (χ2v) is 4.27. The predicted molar refractivity (Wildman–Crippen MR) is 76.4 cm³/mol. The molecule has 21 heavy (non-hydrogen) atoms. The van der Waals surface area contributed by atoms with Crippen LogP contribution in [0.4, 0.5) is 0 Å². The molecule has 0 radical (unpaired) electrons. The molecule has 1 unspecified atom stereocenters. The summed E-state index contributed by atoms with van der Waals surface area (Å²) in [7, 11) is 1.49. The quantitative estimate of drug-likeness (QED) is 0.389. The molecule has 5 N–H and O–H groups in total. The van der Waals surface area contributed by atoms with Crippen LogP contribution in [0.15, 0.2) is 29.8 Å². The van der Waals surface area contributed by atoms with Crippen molar-refractivity contribution in [2.24, 2.45) is 5.73 Å². The molecular formula is C14H17N3O4. The van der Waals surface area contributed by atoms with Gasteiger partial charge in [0.2, 0.25) is 0 Å². The van der Waals surface area contributed by atoms with Gasteiger partial charge in [-0.2, -0.15) is 0 Å². The van der Waals surface area contributed by atoms with E-state index in [0.717, 1.165) is 5.56 Å². The number of carbonyl (C=O) groups is 2. The molecular weight excluding hydrogens is 274 g/mol. The molecule has 0 aliphatic heterocycles. The van der Waals surface area contributed by atoms with Gasteiger partial charge in [-0.3, -0.25) is 4.79 Å². The van der Waals surface area contributed by atoms with Crippen LogP contribution in [0.1, 0.15) is 15.9 Å². The number of carboxylic acid groups (broad SMARTS) is 1. The number of hydrogen-bond acceptors (Lipinski definition) is 5. The van der Waals surface area contributed by atoms with E-state index in [0.29, 0.717) is 12.1 Å². The molecule has 0 saturated heterocycles. The molecule has 1 atom stereocenters. The maximum atomic E-state index is 11.9. The fraction of sp³-hybridized carbons (Fsp3) is 0.286. The zero-order chi connectivity index (χ0) is 15.8. The second kappa shape index (κ2) is 7.96. The first-order valence-electron chi connectivity index (χ1n) is 6.26. The van der Waals surface area contributed by atoms with Gasteiger partial charge in [0, 0.05) is 18.7 Å². The monoisotopic (exact) mass is 291 g/mol. The van der Waals surface area contributed by atoms with E-state index in [1.165, 1.54) is 13.0 Å². The summed E-state index contributed by atoms with van der Waals surface area (Å²) in [5.74, 6) is -0.365. The maximum absolute atomic E-state index is 11.9. The van der Waals surface area contributed by atoms with E-state index in [9.17, 15) is 14.4 Å². The van der Waals surface area contributed by atoms with Crippen molar-refractivity contribution in [2.75, 3.05) is 13.6 Å². The van der Waals surface area contributed by atoms with Gasteiger partial charge in [0.15, 0.2) is 0 Å². The summed E-state index contributed by atoms with van der Waals surface area (Å²) >= 11 is 0. The van der Waals surface area contributed by atoms with Crippen molar-refractivity contribution in [2.45, 2.75) is 12.6 Å². The van der Waals surface area contributed by atoms with Crippen LogP contribution in [0.2, 0.25) is 0 Å². The molecule has 0 heterocycles. The average Bonchev–Trinajstić information content (AvgIpc) is 2.50. The Balaban J connectivity index is 2.69. The summed E-state index contributed by atoms with van der Waals surface area (Å²) in [6, 6.07) is 5.91.